The van der Waals surface area contributed by atoms with Gasteiger partial charge in [-0.3, -0.25) is 4.79 Å². The van der Waals surface area contributed by atoms with Gasteiger partial charge in [0.2, 0.25) is 0 Å². The van der Waals surface area contributed by atoms with Crippen LogP contribution in [-0.4, -0.2) is 18.0 Å². The third-order valence-electron chi connectivity index (χ3n) is 2.50. The number of nitrogens with zero attached hydrogens (tertiary/aromatic N) is 1. The van der Waals surface area contributed by atoms with Crippen LogP contribution in [0.3, 0.4) is 0 Å². The van der Waals surface area contributed by atoms with Crippen molar-refractivity contribution in [2.75, 3.05) is 12.4 Å². The van der Waals surface area contributed by atoms with Gasteiger partial charge in [-0.2, -0.15) is 0 Å². The zero-order valence-corrected chi connectivity index (χ0v) is 12.0. The molecule has 1 aromatic heterocycles. The lowest BCUT2D eigenvalue weighted by atomic mass is 10.2. The number of amides is 1. The molecule has 0 aliphatic carbocycles. The van der Waals surface area contributed by atoms with Gasteiger partial charge < -0.3 is 10.1 Å². The Balaban J connectivity index is 2.15. The lowest BCUT2D eigenvalue weighted by Crippen LogP contribution is -2.13. The van der Waals surface area contributed by atoms with Gasteiger partial charge in [-0.1, -0.05) is 12.1 Å². The zero-order valence-electron chi connectivity index (χ0n) is 10.4. The molecule has 98 valence electrons. The second-order valence-corrected chi connectivity index (χ2v) is 4.68. The van der Waals surface area contributed by atoms with Crippen molar-refractivity contribution < 1.29 is 9.53 Å². The normalized spacial score (nSPS) is 10.2. The van der Waals surface area contributed by atoms with Gasteiger partial charge in [-0.15, -0.1) is 0 Å². The molecule has 0 spiro atoms. The minimum atomic E-state index is -0.199. The quantitative estimate of drug-likeness (QED) is 0.880. The van der Waals surface area contributed by atoms with Crippen molar-refractivity contribution >= 4 is 27.5 Å². The second-order valence-electron chi connectivity index (χ2n) is 3.93. The van der Waals surface area contributed by atoms with Gasteiger partial charge in [0.05, 0.1) is 12.2 Å². The molecule has 0 aliphatic heterocycles. The summed E-state index contributed by atoms with van der Waals surface area (Å²) < 4.78 is 5.59. The van der Waals surface area contributed by atoms with Crippen LogP contribution >= 0.6 is 15.9 Å². The fourth-order valence-electron chi connectivity index (χ4n) is 1.66. The third kappa shape index (κ3) is 3.62. The number of aromatic nitrogens is 1. The van der Waals surface area contributed by atoms with Crippen LogP contribution in [0.25, 0.3) is 0 Å². The third-order valence-corrected chi connectivity index (χ3v) is 3.13. The van der Waals surface area contributed by atoms with E-state index in [0.717, 1.165) is 11.3 Å². The van der Waals surface area contributed by atoms with Gasteiger partial charge in [-0.25, -0.2) is 4.98 Å². The van der Waals surface area contributed by atoms with Gasteiger partial charge in [0, 0.05) is 19.0 Å². The van der Waals surface area contributed by atoms with Crippen molar-refractivity contribution in [2.24, 2.45) is 0 Å². The summed E-state index contributed by atoms with van der Waals surface area (Å²) >= 11 is 3.26. The van der Waals surface area contributed by atoms with E-state index < -0.39 is 0 Å². The first-order valence-electron chi connectivity index (χ1n) is 5.70. The zero-order chi connectivity index (χ0) is 13.7. The van der Waals surface area contributed by atoms with Crippen LogP contribution in [0.5, 0.6) is 0 Å². The standard InChI is InChI=1S/C14H13BrN2O2/c1-19-9-10-4-2-5-11(8-10)17-14(18)12-6-3-7-16-13(12)15/h2-8H,9H2,1H3,(H,17,18). The van der Waals surface area contributed by atoms with Crippen LogP contribution in [-0.2, 0) is 11.3 Å². The predicted octanol–water partition coefficient (Wildman–Crippen LogP) is 3.24. The number of benzene rings is 1. The molecule has 0 unspecified atom stereocenters. The smallest absolute Gasteiger partial charge is 0.258 e. The van der Waals surface area contributed by atoms with Gasteiger partial charge in [0.15, 0.2) is 0 Å². The number of hydrogen-bond donors (Lipinski definition) is 1. The molecular formula is C14H13BrN2O2. The van der Waals surface area contributed by atoms with Crippen molar-refractivity contribution in [1.29, 1.82) is 0 Å². The van der Waals surface area contributed by atoms with Gasteiger partial charge >= 0.3 is 0 Å². The number of carbonyl (C=O) groups is 1. The summed E-state index contributed by atoms with van der Waals surface area (Å²) in [6.45, 7) is 0.514. The molecule has 0 saturated heterocycles. The van der Waals surface area contributed by atoms with Crippen molar-refractivity contribution in [3.8, 4) is 0 Å². The first kappa shape index (κ1) is 13.7. The molecule has 2 aromatic rings. The van der Waals surface area contributed by atoms with Gasteiger partial charge in [-0.05, 0) is 45.8 Å². The number of ether oxygens (including phenoxy) is 1. The van der Waals surface area contributed by atoms with E-state index in [1.807, 2.05) is 24.3 Å². The van der Waals surface area contributed by atoms with E-state index in [0.29, 0.717) is 16.8 Å². The number of hydrogen-bond acceptors (Lipinski definition) is 3. The van der Waals surface area contributed by atoms with Crippen molar-refractivity contribution in [3.63, 3.8) is 0 Å². The fourth-order valence-corrected chi connectivity index (χ4v) is 2.09. The molecule has 0 saturated carbocycles. The number of nitrogens with one attached hydrogen (secondary N) is 1. The van der Waals surface area contributed by atoms with Crippen molar-refractivity contribution in [2.45, 2.75) is 6.61 Å². The molecule has 4 nitrogen and oxygen atoms in total. The summed E-state index contributed by atoms with van der Waals surface area (Å²) in [4.78, 5) is 16.1. The SMILES string of the molecule is COCc1cccc(NC(=O)c2cccnc2Br)c1. The van der Waals surface area contributed by atoms with Crippen LogP contribution < -0.4 is 5.32 Å². The Kier molecular flexibility index (Phi) is 4.65. The summed E-state index contributed by atoms with van der Waals surface area (Å²) in [5.74, 6) is -0.199. The molecule has 0 bridgehead atoms. The van der Waals surface area contributed by atoms with Crippen LogP contribution in [0.1, 0.15) is 15.9 Å². The number of rotatable bonds is 4. The van der Waals surface area contributed by atoms with Gasteiger partial charge in [0.25, 0.3) is 5.91 Å². The number of carbonyl (C=O) groups excluding carboxylic acids is 1. The van der Waals surface area contributed by atoms with Crippen LogP contribution in [0.4, 0.5) is 5.69 Å². The highest BCUT2D eigenvalue weighted by Crippen LogP contribution is 2.16. The number of anilines is 1. The first-order chi connectivity index (χ1) is 9.20. The average Bonchev–Trinajstić information content (AvgIpc) is 2.40. The van der Waals surface area contributed by atoms with Crippen molar-refractivity contribution in [1.82, 2.24) is 4.98 Å². The minimum Gasteiger partial charge on any atom is -0.380 e. The van der Waals surface area contributed by atoms with Crippen LogP contribution in [0.15, 0.2) is 47.2 Å². The molecule has 0 atom stereocenters. The monoisotopic (exact) mass is 320 g/mol. The highest BCUT2D eigenvalue weighted by molar-refractivity contribution is 9.10. The maximum Gasteiger partial charge on any atom is 0.258 e. The lowest BCUT2D eigenvalue weighted by Gasteiger charge is -2.08. The summed E-state index contributed by atoms with van der Waals surface area (Å²) in [6, 6.07) is 11.0. The first-order valence-corrected chi connectivity index (χ1v) is 6.50. The Bertz CT molecular complexity index is 587. The minimum absolute atomic E-state index is 0.199. The average molecular weight is 321 g/mol. The molecule has 5 heteroatoms. The number of methoxy groups -OCH3 is 1. The van der Waals surface area contributed by atoms with E-state index in [2.05, 4.69) is 26.2 Å². The predicted molar refractivity (Wildman–Crippen MR) is 77.0 cm³/mol. The molecule has 0 fully saturated rings. The fraction of sp³-hybridized carbons (Fsp3) is 0.143. The molecule has 0 radical (unpaired) electrons. The summed E-state index contributed by atoms with van der Waals surface area (Å²) in [7, 11) is 1.64. The molecule has 1 N–H and O–H groups in total. The summed E-state index contributed by atoms with van der Waals surface area (Å²) in [5, 5.41) is 2.83. The Labute approximate surface area is 119 Å². The lowest BCUT2D eigenvalue weighted by molar-refractivity contribution is 0.102. The number of pyridine rings is 1. The van der Waals surface area contributed by atoms with E-state index in [1.165, 1.54) is 0 Å². The van der Waals surface area contributed by atoms with Crippen molar-refractivity contribution in [3.05, 3.63) is 58.3 Å². The maximum absolute atomic E-state index is 12.1. The molecule has 1 heterocycles. The number of halogens is 1. The van der Waals surface area contributed by atoms with Crippen LogP contribution in [0, 0.1) is 0 Å². The maximum atomic E-state index is 12.1. The Morgan fingerprint density at radius 3 is 2.95 bits per heavy atom. The highest BCUT2D eigenvalue weighted by Gasteiger charge is 2.10. The van der Waals surface area contributed by atoms with E-state index in [9.17, 15) is 4.79 Å². The van der Waals surface area contributed by atoms with E-state index in [1.54, 1.807) is 25.4 Å². The molecule has 2 rings (SSSR count). The van der Waals surface area contributed by atoms with E-state index in [-0.39, 0.29) is 5.91 Å². The second kappa shape index (κ2) is 6.45. The van der Waals surface area contributed by atoms with Crippen LogP contribution in [0.2, 0.25) is 0 Å². The van der Waals surface area contributed by atoms with E-state index in [4.69, 9.17) is 4.74 Å². The molecule has 1 aromatic carbocycles. The molecule has 0 aliphatic rings. The largest absolute Gasteiger partial charge is 0.380 e. The Morgan fingerprint density at radius 1 is 1.37 bits per heavy atom. The van der Waals surface area contributed by atoms with Gasteiger partial charge in [0.1, 0.15) is 4.60 Å². The van der Waals surface area contributed by atoms with E-state index >= 15 is 0 Å². The molecule has 1 amide bonds. The highest BCUT2D eigenvalue weighted by atomic mass is 79.9. The summed E-state index contributed by atoms with van der Waals surface area (Å²) in [6.07, 6.45) is 1.63. The summed E-state index contributed by atoms with van der Waals surface area (Å²) in [5.41, 5.74) is 2.24. The molecule has 19 heavy (non-hydrogen) atoms. The Morgan fingerprint density at radius 2 is 2.21 bits per heavy atom. The Hall–Kier alpha value is -1.72. The molecular weight excluding hydrogens is 308 g/mol. The topological polar surface area (TPSA) is 51.2 Å².